The van der Waals surface area contributed by atoms with Gasteiger partial charge in [0.2, 0.25) is 5.91 Å². The second-order valence-electron chi connectivity index (χ2n) is 6.80. The highest BCUT2D eigenvalue weighted by molar-refractivity contribution is 6.30. The smallest absolute Gasteiger partial charge is 0.255 e. The molecular formula is C24H22ClN3O3. The van der Waals surface area contributed by atoms with Crippen LogP contribution < -0.4 is 15.5 Å². The van der Waals surface area contributed by atoms with Crippen molar-refractivity contribution < 1.29 is 14.3 Å². The van der Waals surface area contributed by atoms with Crippen molar-refractivity contribution in [1.29, 1.82) is 0 Å². The minimum absolute atomic E-state index is 0.206. The molecule has 0 spiro atoms. The molecule has 0 atom stereocenters. The fourth-order valence-corrected chi connectivity index (χ4v) is 2.93. The summed E-state index contributed by atoms with van der Waals surface area (Å²) in [6.45, 7) is 1.79. The van der Waals surface area contributed by atoms with E-state index in [-0.39, 0.29) is 18.2 Å². The Balaban J connectivity index is 1.61. The lowest BCUT2D eigenvalue weighted by molar-refractivity contribution is -0.120. The maximum Gasteiger partial charge on any atom is 0.255 e. The highest BCUT2D eigenvalue weighted by Crippen LogP contribution is 2.15. The molecular weight excluding hydrogens is 414 g/mol. The molecule has 0 unspecified atom stereocenters. The third-order valence-electron chi connectivity index (χ3n) is 4.52. The number of anilines is 1. The number of amides is 2. The summed E-state index contributed by atoms with van der Waals surface area (Å²) in [6, 6.07) is 21.2. The summed E-state index contributed by atoms with van der Waals surface area (Å²) in [5.41, 5.74) is 5.95. The maximum atomic E-state index is 12.4. The van der Waals surface area contributed by atoms with Crippen LogP contribution in [0.15, 0.2) is 77.9 Å². The van der Waals surface area contributed by atoms with Crippen LogP contribution in [0.4, 0.5) is 5.69 Å². The molecule has 158 valence electrons. The summed E-state index contributed by atoms with van der Waals surface area (Å²) in [5, 5.41) is 7.59. The Bertz CT molecular complexity index is 1090. The SMILES string of the molecule is COc1ccc(CC(=O)N/N=C(\C)c2cccc(NC(=O)c3ccc(Cl)cc3)c2)cc1. The molecule has 0 aliphatic carbocycles. The molecule has 31 heavy (non-hydrogen) atoms. The molecule has 2 N–H and O–H groups in total. The average molecular weight is 436 g/mol. The molecule has 7 heteroatoms. The van der Waals surface area contributed by atoms with E-state index in [2.05, 4.69) is 15.8 Å². The van der Waals surface area contributed by atoms with Gasteiger partial charge in [0.05, 0.1) is 19.2 Å². The van der Waals surface area contributed by atoms with Crippen LogP contribution in [0.5, 0.6) is 5.75 Å². The quantitative estimate of drug-likeness (QED) is 0.417. The molecule has 0 aliphatic heterocycles. The number of hydrazone groups is 1. The summed E-state index contributed by atoms with van der Waals surface area (Å²) in [6.07, 6.45) is 0.206. The molecule has 0 heterocycles. The number of hydrogen-bond acceptors (Lipinski definition) is 4. The van der Waals surface area contributed by atoms with E-state index in [1.165, 1.54) is 0 Å². The van der Waals surface area contributed by atoms with Crippen LogP contribution in [0.2, 0.25) is 5.02 Å². The van der Waals surface area contributed by atoms with Crippen LogP contribution in [0.3, 0.4) is 0 Å². The van der Waals surface area contributed by atoms with Gasteiger partial charge < -0.3 is 10.1 Å². The van der Waals surface area contributed by atoms with E-state index in [4.69, 9.17) is 16.3 Å². The number of hydrogen-bond donors (Lipinski definition) is 2. The van der Waals surface area contributed by atoms with Crippen molar-refractivity contribution in [3.05, 3.63) is 94.5 Å². The van der Waals surface area contributed by atoms with Crippen LogP contribution in [0.25, 0.3) is 0 Å². The molecule has 6 nitrogen and oxygen atoms in total. The Hall–Kier alpha value is -3.64. The first kappa shape index (κ1) is 22.1. The maximum absolute atomic E-state index is 12.4. The van der Waals surface area contributed by atoms with E-state index in [9.17, 15) is 9.59 Å². The Kier molecular flexibility index (Phi) is 7.40. The molecule has 0 bridgehead atoms. The van der Waals surface area contributed by atoms with Crippen LogP contribution in [-0.2, 0) is 11.2 Å². The van der Waals surface area contributed by atoms with Gasteiger partial charge in [-0.2, -0.15) is 5.10 Å². The van der Waals surface area contributed by atoms with Gasteiger partial charge in [-0.1, -0.05) is 35.9 Å². The van der Waals surface area contributed by atoms with Gasteiger partial charge in [0.1, 0.15) is 5.75 Å². The highest BCUT2D eigenvalue weighted by atomic mass is 35.5. The molecule has 0 saturated heterocycles. The van der Waals surface area contributed by atoms with Crippen molar-refractivity contribution in [1.82, 2.24) is 5.43 Å². The fraction of sp³-hybridized carbons (Fsp3) is 0.125. The van der Waals surface area contributed by atoms with Gasteiger partial charge in [-0.05, 0) is 66.6 Å². The summed E-state index contributed by atoms with van der Waals surface area (Å²) in [4.78, 5) is 24.6. The summed E-state index contributed by atoms with van der Waals surface area (Å²) >= 11 is 5.86. The van der Waals surface area contributed by atoms with Crippen molar-refractivity contribution in [3.63, 3.8) is 0 Å². The number of halogens is 1. The van der Waals surface area contributed by atoms with Gasteiger partial charge in [0.15, 0.2) is 0 Å². The minimum Gasteiger partial charge on any atom is -0.497 e. The first-order chi connectivity index (χ1) is 14.9. The average Bonchev–Trinajstić information content (AvgIpc) is 2.78. The normalized spacial score (nSPS) is 11.0. The Labute approximate surface area is 185 Å². The predicted molar refractivity (Wildman–Crippen MR) is 123 cm³/mol. The van der Waals surface area contributed by atoms with Crippen LogP contribution in [0.1, 0.15) is 28.4 Å². The van der Waals surface area contributed by atoms with E-state index in [1.807, 2.05) is 24.3 Å². The number of nitrogens with zero attached hydrogens (tertiary/aromatic N) is 1. The van der Waals surface area contributed by atoms with Crippen LogP contribution >= 0.6 is 11.6 Å². The highest BCUT2D eigenvalue weighted by Gasteiger charge is 2.08. The van der Waals surface area contributed by atoms with Crippen molar-refractivity contribution in [2.75, 3.05) is 12.4 Å². The number of ether oxygens (including phenoxy) is 1. The molecule has 0 aromatic heterocycles. The third kappa shape index (κ3) is 6.42. The lowest BCUT2D eigenvalue weighted by atomic mass is 10.1. The topological polar surface area (TPSA) is 79.8 Å². The molecule has 0 saturated carbocycles. The zero-order chi connectivity index (χ0) is 22.2. The molecule has 2 amide bonds. The van der Waals surface area contributed by atoms with Gasteiger partial charge in [-0.15, -0.1) is 0 Å². The number of nitrogens with one attached hydrogen (secondary N) is 2. The van der Waals surface area contributed by atoms with E-state index < -0.39 is 0 Å². The molecule has 3 aromatic carbocycles. The monoisotopic (exact) mass is 435 g/mol. The van der Waals surface area contributed by atoms with E-state index in [1.54, 1.807) is 62.6 Å². The third-order valence-corrected chi connectivity index (χ3v) is 4.77. The van der Waals surface area contributed by atoms with Crippen LogP contribution in [-0.4, -0.2) is 24.6 Å². The lowest BCUT2D eigenvalue weighted by Crippen LogP contribution is -2.21. The van der Waals surface area contributed by atoms with Crippen molar-refractivity contribution in [3.8, 4) is 5.75 Å². The largest absolute Gasteiger partial charge is 0.497 e. The standard InChI is InChI=1S/C24H22ClN3O3/c1-16(27-28-23(29)14-17-6-12-22(31-2)13-7-17)19-4-3-5-21(15-19)26-24(30)18-8-10-20(25)11-9-18/h3-13,15H,14H2,1-2H3,(H,26,30)(H,28,29)/b27-16+. The van der Waals surface area contributed by atoms with E-state index >= 15 is 0 Å². The van der Waals surface area contributed by atoms with Gasteiger partial charge in [0, 0.05) is 16.3 Å². The Morgan fingerprint density at radius 2 is 1.68 bits per heavy atom. The van der Waals surface area contributed by atoms with Gasteiger partial charge >= 0.3 is 0 Å². The lowest BCUT2D eigenvalue weighted by Gasteiger charge is -2.08. The summed E-state index contributed by atoms with van der Waals surface area (Å²) in [5.74, 6) is 0.272. The first-order valence-electron chi connectivity index (χ1n) is 9.58. The molecule has 3 rings (SSSR count). The van der Waals surface area contributed by atoms with E-state index in [0.717, 1.165) is 16.9 Å². The molecule has 0 radical (unpaired) electrons. The number of methoxy groups -OCH3 is 1. The summed E-state index contributed by atoms with van der Waals surface area (Å²) < 4.78 is 5.11. The fourth-order valence-electron chi connectivity index (χ4n) is 2.81. The summed E-state index contributed by atoms with van der Waals surface area (Å²) in [7, 11) is 1.59. The second-order valence-corrected chi connectivity index (χ2v) is 7.24. The predicted octanol–water partition coefficient (Wildman–Crippen LogP) is 4.68. The number of carbonyl (C=O) groups is 2. The van der Waals surface area contributed by atoms with Gasteiger partial charge in [0.25, 0.3) is 5.91 Å². The molecule has 0 fully saturated rings. The van der Waals surface area contributed by atoms with Crippen molar-refractivity contribution >= 4 is 34.8 Å². The number of rotatable bonds is 7. The molecule has 0 aliphatic rings. The van der Waals surface area contributed by atoms with Crippen molar-refractivity contribution in [2.24, 2.45) is 5.10 Å². The second kappa shape index (κ2) is 10.4. The zero-order valence-corrected chi connectivity index (χ0v) is 17.9. The molecule has 3 aromatic rings. The van der Waals surface area contributed by atoms with E-state index in [0.29, 0.717) is 22.0 Å². The number of carbonyl (C=O) groups excluding carboxylic acids is 2. The first-order valence-corrected chi connectivity index (χ1v) is 9.96. The minimum atomic E-state index is -0.240. The van der Waals surface area contributed by atoms with Gasteiger partial charge in [-0.25, -0.2) is 5.43 Å². The zero-order valence-electron chi connectivity index (χ0n) is 17.2. The van der Waals surface area contributed by atoms with Crippen LogP contribution in [0, 0.1) is 0 Å². The number of benzene rings is 3. The van der Waals surface area contributed by atoms with Gasteiger partial charge in [-0.3, -0.25) is 9.59 Å². The van der Waals surface area contributed by atoms with Crippen molar-refractivity contribution in [2.45, 2.75) is 13.3 Å². The Morgan fingerprint density at radius 1 is 0.968 bits per heavy atom. The Morgan fingerprint density at radius 3 is 2.35 bits per heavy atom.